The Balaban J connectivity index is 2.78. The Morgan fingerprint density at radius 3 is 2.81 bits per heavy atom. The molecule has 0 spiro atoms. The molecule has 4 heteroatoms. The first kappa shape index (κ1) is 13.6. The third kappa shape index (κ3) is 3.85. The van der Waals surface area contributed by atoms with Gasteiger partial charge in [0.1, 0.15) is 5.82 Å². The number of hydrogen-bond donors (Lipinski definition) is 2. The Kier molecular flexibility index (Phi) is 5.95. The zero-order chi connectivity index (χ0) is 12.0. The van der Waals surface area contributed by atoms with Gasteiger partial charge in [0, 0.05) is 12.6 Å². The number of halogens is 2. The third-order valence-electron chi connectivity index (χ3n) is 2.40. The number of benzene rings is 1. The van der Waals surface area contributed by atoms with E-state index in [1.54, 1.807) is 12.1 Å². The highest BCUT2D eigenvalue weighted by Gasteiger charge is 2.11. The zero-order valence-electron chi connectivity index (χ0n) is 9.34. The second kappa shape index (κ2) is 6.99. The van der Waals surface area contributed by atoms with Gasteiger partial charge < -0.3 is 10.4 Å². The van der Waals surface area contributed by atoms with Crippen LogP contribution in [0.4, 0.5) is 4.39 Å². The summed E-state index contributed by atoms with van der Waals surface area (Å²) in [6.07, 6.45) is 1.67. The average Bonchev–Trinajstić information content (AvgIpc) is 2.28. The molecule has 1 atom stereocenters. The summed E-state index contributed by atoms with van der Waals surface area (Å²) in [6.45, 7) is 3.10. The van der Waals surface area contributed by atoms with Crippen LogP contribution in [0.25, 0.3) is 0 Å². The van der Waals surface area contributed by atoms with Gasteiger partial charge in [-0.2, -0.15) is 0 Å². The van der Waals surface area contributed by atoms with Crippen LogP contribution in [0.1, 0.15) is 31.4 Å². The summed E-state index contributed by atoms with van der Waals surface area (Å²) in [5.74, 6) is -0.262. The Bertz CT molecular complexity index is 333. The second-order valence-electron chi connectivity index (χ2n) is 3.69. The van der Waals surface area contributed by atoms with Gasteiger partial charge >= 0.3 is 0 Å². The predicted molar refractivity (Wildman–Crippen MR) is 66.8 cm³/mol. The molecule has 0 aliphatic carbocycles. The smallest absolute Gasteiger partial charge is 0.137 e. The normalized spacial score (nSPS) is 12.8. The minimum absolute atomic E-state index is 0.0850. The molecule has 1 aromatic rings. The number of rotatable bonds is 6. The van der Waals surface area contributed by atoms with Crippen molar-refractivity contribution in [2.75, 3.05) is 13.2 Å². The van der Waals surface area contributed by atoms with Crippen LogP contribution < -0.4 is 5.32 Å². The highest BCUT2D eigenvalue weighted by Crippen LogP contribution is 2.23. The third-order valence-corrected chi connectivity index (χ3v) is 3.01. The van der Waals surface area contributed by atoms with E-state index in [1.807, 2.05) is 0 Å². The Labute approximate surface area is 104 Å². The fourth-order valence-corrected chi connectivity index (χ4v) is 1.96. The zero-order valence-corrected chi connectivity index (χ0v) is 10.9. The van der Waals surface area contributed by atoms with Crippen LogP contribution in [-0.2, 0) is 0 Å². The molecule has 0 saturated carbocycles. The molecular weight excluding hydrogens is 273 g/mol. The fraction of sp³-hybridized carbons (Fsp3) is 0.500. The quantitative estimate of drug-likeness (QED) is 0.844. The topological polar surface area (TPSA) is 32.3 Å². The largest absolute Gasteiger partial charge is 0.396 e. The maximum absolute atomic E-state index is 13.1. The first-order chi connectivity index (χ1) is 7.69. The van der Waals surface area contributed by atoms with E-state index in [0.29, 0.717) is 10.9 Å². The van der Waals surface area contributed by atoms with Crippen LogP contribution in [0.5, 0.6) is 0 Å². The summed E-state index contributed by atoms with van der Waals surface area (Å²) < 4.78 is 13.5. The number of hydrogen-bond acceptors (Lipinski definition) is 2. The standard InChI is InChI=1S/C12H17BrFNO/c1-2-6-15-12(5-7-16)9-3-4-11(14)10(13)8-9/h3-4,8,12,15-16H,2,5-7H2,1H3. The van der Waals surface area contributed by atoms with E-state index >= 15 is 0 Å². The van der Waals surface area contributed by atoms with Gasteiger partial charge in [-0.1, -0.05) is 13.0 Å². The van der Waals surface area contributed by atoms with Gasteiger partial charge in [0.15, 0.2) is 0 Å². The molecule has 90 valence electrons. The van der Waals surface area contributed by atoms with Crippen molar-refractivity contribution in [3.05, 3.63) is 34.1 Å². The van der Waals surface area contributed by atoms with Crippen molar-refractivity contribution < 1.29 is 9.50 Å². The second-order valence-corrected chi connectivity index (χ2v) is 4.55. The van der Waals surface area contributed by atoms with Gasteiger partial charge in [-0.05, 0) is 53.0 Å². The molecule has 16 heavy (non-hydrogen) atoms. The maximum atomic E-state index is 13.1. The van der Waals surface area contributed by atoms with Gasteiger partial charge in [-0.3, -0.25) is 0 Å². The van der Waals surface area contributed by atoms with E-state index in [1.165, 1.54) is 6.07 Å². The van der Waals surface area contributed by atoms with Gasteiger partial charge in [0.25, 0.3) is 0 Å². The summed E-state index contributed by atoms with van der Waals surface area (Å²) in [4.78, 5) is 0. The maximum Gasteiger partial charge on any atom is 0.137 e. The van der Waals surface area contributed by atoms with Crippen molar-refractivity contribution in [2.24, 2.45) is 0 Å². The van der Waals surface area contributed by atoms with E-state index in [9.17, 15) is 4.39 Å². The van der Waals surface area contributed by atoms with E-state index in [-0.39, 0.29) is 18.5 Å². The Hall–Kier alpha value is -0.450. The number of nitrogens with one attached hydrogen (secondary N) is 1. The average molecular weight is 290 g/mol. The summed E-state index contributed by atoms with van der Waals surface area (Å²) in [5, 5.41) is 12.3. The molecule has 2 N–H and O–H groups in total. The van der Waals surface area contributed by atoms with Crippen LogP contribution in [-0.4, -0.2) is 18.3 Å². The lowest BCUT2D eigenvalue weighted by Gasteiger charge is -2.18. The number of aliphatic hydroxyl groups excluding tert-OH is 1. The molecule has 0 heterocycles. The molecular formula is C12H17BrFNO. The van der Waals surface area contributed by atoms with Gasteiger partial charge in [0.2, 0.25) is 0 Å². The summed E-state index contributed by atoms with van der Waals surface area (Å²) >= 11 is 3.17. The molecule has 1 rings (SSSR count). The predicted octanol–water partition coefficient (Wildman–Crippen LogP) is 3.01. The van der Waals surface area contributed by atoms with Crippen molar-refractivity contribution in [1.82, 2.24) is 5.32 Å². The van der Waals surface area contributed by atoms with Crippen LogP contribution in [0.2, 0.25) is 0 Å². The molecule has 0 fully saturated rings. The Morgan fingerprint density at radius 2 is 2.25 bits per heavy atom. The van der Waals surface area contributed by atoms with Crippen molar-refractivity contribution in [1.29, 1.82) is 0 Å². The van der Waals surface area contributed by atoms with Gasteiger partial charge in [-0.25, -0.2) is 4.39 Å². The summed E-state index contributed by atoms with van der Waals surface area (Å²) in [6, 6.07) is 5.04. The highest BCUT2D eigenvalue weighted by molar-refractivity contribution is 9.10. The van der Waals surface area contributed by atoms with Crippen molar-refractivity contribution >= 4 is 15.9 Å². The molecule has 2 nitrogen and oxygen atoms in total. The van der Waals surface area contributed by atoms with E-state index in [4.69, 9.17) is 5.11 Å². The van der Waals surface area contributed by atoms with Crippen molar-refractivity contribution in [3.63, 3.8) is 0 Å². The lowest BCUT2D eigenvalue weighted by molar-refractivity contribution is 0.265. The van der Waals surface area contributed by atoms with E-state index in [0.717, 1.165) is 18.5 Å². The van der Waals surface area contributed by atoms with Crippen LogP contribution in [0, 0.1) is 5.82 Å². The molecule has 0 aromatic heterocycles. The number of aliphatic hydroxyl groups is 1. The molecule has 0 aliphatic heterocycles. The molecule has 0 aliphatic rings. The molecule has 0 bridgehead atoms. The molecule has 0 radical (unpaired) electrons. The highest BCUT2D eigenvalue weighted by atomic mass is 79.9. The summed E-state index contributed by atoms with van der Waals surface area (Å²) in [5.41, 5.74) is 0.996. The Morgan fingerprint density at radius 1 is 1.50 bits per heavy atom. The van der Waals surface area contributed by atoms with Gasteiger partial charge in [0.05, 0.1) is 4.47 Å². The van der Waals surface area contributed by atoms with Crippen molar-refractivity contribution in [2.45, 2.75) is 25.8 Å². The van der Waals surface area contributed by atoms with Crippen LogP contribution >= 0.6 is 15.9 Å². The SMILES string of the molecule is CCCNC(CCO)c1ccc(F)c(Br)c1. The van der Waals surface area contributed by atoms with E-state index in [2.05, 4.69) is 28.2 Å². The molecule has 1 unspecified atom stereocenters. The summed E-state index contributed by atoms with van der Waals surface area (Å²) in [7, 11) is 0. The minimum atomic E-state index is -0.262. The van der Waals surface area contributed by atoms with Crippen molar-refractivity contribution in [3.8, 4) is 0 Å². The van der Waals surface area contributed by atoms with Crippen LogP contribution in [0.3, 0.4) is 0 Å². The van der Waals surface area contributed by atoms with Gasteiger partial charge in [-0.15, -0.1) is 0 Å². The lowest BCUT2D eigenvalue weighted by atomic mass is 10.0. The van der Waals surface area contributed by atoms with E-state index < -0.39 is 0 Å². The molecule has 1 aromatic carbocycles. The molecule has 0 amide bonds. The molecule has 0 saturated heterocycles. The lowest BCUT2D eigenvalue weighted by Crippen LogP contribution is -2.23. The monoisotopic (exact) mass is 289 g/mol. The first-order valence-electron chi connectivity index (χ1n) is 5.48. The fourth-order valence-electron chi connectivity index (χ4n) is 1.56. The minimum Gasteiger partial charge on any atom is -0.396 e. The first-order valence-corrected chi connectivity index (χ1v) is 6.27. The van der Waals surface area contributed by atoms with Crippen LogP contribution in [0.15, 0.2) is 22.7 Å².